The summed E-state index contributed by atoms with van der Waals surface area (Å²) in [4.78, 5) is 0.242. The molecular formula is C13H22N2O3S. The summed E-state index contributed by atoms with van der Waals surface area (Å²) in [6, 6.07) is 1.55. The second kappa shape index (κ2) is 5.26. The summed E-state index contributed by atoms with van der Waals surface area (Å²) in [5, 5.41) is 9.23. The van der Waals surface area contributed by atoms with E-state index in [-0.39, 0.29) is 17.0 Å². The van der Waals surface area contributed by atoms with Crippen molar-refractivity contribution in [1.82, 2.24) is 9.29 Å². The fourth-order valence-electron chi connectivity index (χ4n) is 2.74. The molecule has 1 aromatic rings. The summed E-state index contributed by atoms with van der Waals surface area (Å²) < 4.78 is 29.3. The van der Waals surface area contributed by atoms with Gasteiger partial charge in [-0.05, 0) is 32.8 Å². The molecule has 0 bridgehead atoms. The second-order valence-electron chi connectivity index (χ2n) is 5.48. The quantitative estimate of drug-likeness (QED) is 0.864. The molecule has 2 rings (SSSR count). The number of aliphatic hydroxyl groups excluding tert-OH is 1. The van der Waals surface area contributed by atoms with E-state index in [1.54, 1.807) is 16.8 Å². The topological polar surface area (TPSA) is 71.3 Å². The van der Waals surface area contributed by atoms with Crippen LogP contribution in [-0.2, 0) is 23.2 Å². The molecule has 0 aliphatic heterocycles. The number of rotatable bonds is 5. The van der Waals surface area contributed by atoms with E-state index in [1.807, 2.05) is 13.8 Å². The highest BCUT2D eigenvalue weighted by atomic mass is 32.2. The molecule has 0 radical (unpaired) electrons. The number of aromatic nitrogens is 1. The Labute approximate surface area is 114 Å². The van der Waals surface area contributed by atoms with Crippen LogP contribution in [0.25, 0.3) is 0 Å². The summed E-state index contributed by atoms with van der Waals surface area (Å²) in [7, 11) is -3.51. The Morgan fingerprint density at radius 2 is 2.05 bits per heavy atom. The average molecular weight is 286 g/mol. The lowest BCUT2D eigenvalue weighted by Crippen LogP contribution is -2.43. The van der Waals surface area contributed by atoms with Gasteiger partial charge in [0.1, 0.15) is 0 Å². The van der Waals surface area contributed by atoms with Crippen LogP contribution in [-0.4, -0.2) is 23.6 Å². The fourth-order valence-corrected chi connectivity index (χ4v) is 4.27. The maximum atomic E-state index is 12.4. The Balaban J connectivity index is 2.26. The fraction of sp³-hybridized carbons (Fsp3) is 0.692. The Morgan fingerprint density at radius 3 is 2.53 bits per heavy atom. The minimum Gasteiger partial charge on any atom is -0.390 e. The van der Waals surface area contributed by atoms with Gasteiger partial charge in [0.25, 0.3) is 0 Å². The standard InChI is InChI=1S/C13H22N2O3S/c1-3-15-9-12(8-11(15)10-16)19(17,18)14-13(2)6-4-5-7-13/h8-9,14,16H,3-7,10H2,1-2H3. The van der Waals surface area contributed by atoms with Gasteiger partial charge in [-0.15, -0.1) is 0 Å². The van der Waals surface area contributed by atoms with E-state index < -0.39 is 10.0 Å². The SMILES string of the molecule is CCn1cc(S(=O)(=O)NC2(C)CCCC2)cc1CO. The molecule has 0 spiro atoms. The van der Waals surface area contributed by atoms with Gasteiger partial charge in [-0.1, -0.05) is 12.8 Å². The first-order valence-corrected chi connectivity index (χ1v) is 8.22. The lowest BCUT2D eigenvalue weighted by atomic mass is 10.0. The molecule has 19 heavy (non-hydrogen) atoms. The summed E-state index contributed by atoms with van der Waals surface area (Å²) in [5.74, 6) is 0. The summed E-state index contributed by atoms with van der Waals surface area (Å²) in [6.07, 6.45) is 5.49. The Bertz CT molecular complexity index is 521. The van der Waals surface area contributed by atoms with E-state index >= 15 is 0 Å². The van der Waals surface area contributed by atoms with Crippen LogP contribution in [0.4, 0.5) is 0 Å². The van der Waals surface area contributed by atoms with E-state index in [9.17, 15) is 13.5 Å². The molecule has 1 heterocycles. The van der Waals surface area contributed by atoms with Crippen LogP contribution in [0.5, 0.6) is 0 Å². The molecule has 1 aliphatic rings. The number of sulfonamides is 1. The van der Waals surface area contributed by atoms with Gasteiger partial charge in [0.05, 0.1) is 11.5 Å². The maximum absolute atomic E-state index is 12.4. The van der Waals surface area contributed by atoms with Gasteiger partial charge in [0.15, 0.2) is 0 Å². The summed E-state index contributed by atoms with van der Waals surface area (Å²) >= 11 is 0. The molecule has 1 fully saturated rings. The molecule has 1 aliphatic carbocycles. The number of nitrogens with one attached hydrogen (secondary N) is 1. The second-order valence-corrected chi connectivity index (χ2v) is 7.17. The minimum absolute atomic E-state index is 0.152. The number of hydrogen-bond acceptors (Lipinski definition) is 3. The van der Waals surface area contributed by atoms with Gasteiger partial charge in [0, 0.05) is 24.0 Å². The van der Waals surface area contributed by atoms with Crippen LogP contribution >= 0.6 is 0 Å². The predicted molar refractivity (Wildman–Crippen MR) is 73.2 cm³/mol. The Kier molecular flexibility index (Phi) is 4.03. The van der Waals surface area contributed by atoms with Gasteiger partial charge >= 0.3 is 0 Å². The van der Waals surface area contributed by atoms with E-state index in [0.717, 1.165) is 25.7 Å². The third kappa shape index (κ3) is 3.01. The average Bonchev–Trinajstić information content (AvgIpc) is 2.94. The molecule has 0 atom stereocenters. The monoisotopic (exact) mass is 286 g/mol. The van der Waals surface area contributed by atoms with Crippen molar-refractivity contribution in [2.45, 2.75) is 63.1 Å². The van der Waals surface area contributed by atoms with Crippen molar-refractivity contribution in [1.29, 1.82) is 0 Å². The van der Waals surface area contributed by atoms with Crippen molar-refractivity contribution in [3.63, 3.8) is 0 Å². The molecule has 5 nitrogen and oxygen atoms in total. The molecular weight excluding hydrogens is 264 g/mol. The van der Waals surface area contributed by atoms with Crippen LogP contribution in [0.1, 0.15) is 45.2 Å². The maximum Gasteiger partial charge on any atom is 0.242 e. The van der Waals surface area contributed by atoms with Crippen LogP contribution in [0.15, 0.2) is 17.2 Å². The molecule has 0 unspecified atom stereocenters. The van der Waals surface area contributed by atoms with Crippen LogP contribution in [0.3, 0.4) is 0 Å². The highest BCUT2D eigenvalue weighted by molar-refractivity contribution is 7.89. The molecule has 1 saturated carbocycles. The van der Waals surface area contributed by atoms with Crippen LogP contribution in [0, 0.1) is 0 Å². The van der Waals surface area contributed by atoms with Crippen molar-refractivity contribution in [2.24, 2.45) is 0 Å². The Morgan fingerprint density at radius 1 is 1.42 bits per heavy atom. The number of hydrogen-bond donors (Lipinski definition) is 2. The first-order chi connectivity index (χ1) is 8.90. The largest absolute Gasteiger partial charge is 0.390 e. The van der Waals surface area contributed by atoms with Gasteiger partial charge < -0.3 is 9.67 Å². The van der Waals surface area contributed by atoms with Crippen molar-refractivity contribution in [2.75, 3.05) is 0 Å². The van der Waals surface area contributed by atoms with Gasteiger partial charge in [-0.25, -0.2) is 13.1 Å². The van der Waals surface area contributed by atoms with Gasteiger partial charge in [-0.2, -0.15) is 0 Å². The lowest BCUT2D eigenvalue weighted by molar-refractivity contribution is 0.271. The first kappa shape index (κ1) is 14.6. The van der Waals surface area contributed by atoms with Crippen LogP contribution in [0.2, 0.25) is 0 Å². The van der Waals surface area contributed by atoms with Gasteiger partial charge in [-0.3, -0.25) is 0 Å². The van der Waals surface area contributed by atoms with Crippen molar-refractivity contribution in [3.8, 4) is 0 Å². The van der Waals surface area contributed by atoms with E-state index in [1.165, 1.54) is 0 Å². The summed E-state index contributed by atoms with van der Waals surface area (Å²) in [6.45, 7) is 4.37. The normalized spacial score (nSPS) is 18.9. The predicted octanol–water partition coefficient (Wildman–Crippen LogP) is 1.61. The van der Waals surface area contributed by atoms with Gasteiger partial charge in [0.2, 0.25) is 10.0 Å². The van der Waals surface area contributed by atoms with Crippen molar-refractivity contribution >= 4 is 10.0 Å². The van der Waals surface area contributed by atoms with E-state index in [2.05, 4.69) is 4.72 Å². The lowest BCUT2D eigenvalue weighted by Gasteiger charge is -2.24. The highest BCUT2D eigenvalue weighted by Gasteiger charge is 2.34. The first-order valence-electron chi connectivity index (χ1n) is 6.74. The van der Waals surface area contributed by atoms with Crippen molar-refractivity contribution in [3.05, 3.63) is 18.0 Å². The smallest absolute Gasteiger partial charge is 0.242 e. The zero-order valence-corrected chi connectivity index (χ0v) is 12.3. The molecule has 2 N–H and O–H groups in total. The molecule has 1 aromatic heterocycles. The third-order valence-corrected chi connectivity index (χ3v) is 5.47. The minimum atomic E-state index is -3.51. The molecule has 0 saturated heterocycles. The Hall–Kier alpha value is -0.850. The van der Waals surface area contributed by atoms with E-state index in [4.69, 9.17) is 0 Å². The molecule has 0 aromatic carbocycles. The van der Waals surface area contributed by atoms with Crippen LogP contribution < -0.4 is 4.72 Å². The van der Waals surface area contributed by atoms with Crippen molar-refractivity contribution < 1.29 is 13.5 Å². The molecule has 108 valence electrons. The highest BCUT2D eigenvalue weighted by Crippen LogP contribution is 2.30. The number of nitrogens with zero attached hydrogens (tertiary/aromatic N) is 1. The summed E-state index contributed by atoms with van der Waals surface area (Å²) in [5.41, 5.74) is 0.298. The number of aryl methyl sites for hydroxylation is 1. The van der Waals surface area contributed by atoms with E-state index in [0.29, 0.717) is 12.2 Å². The zero-order valence-electron chi connectivity index (χ0n) is 11.5. The number of aliphatic hydroxyl groups is 1. The third-order valence-electron chi connectivity index (χ3n) is 3.86. The molecule has 6 heteroatoms. The molecule has 0 amide bonds. The zero-order chi connectivity index (χ0) is 14.1.